The number of carbonyl (C=O) groups excluding carboxylic acids is 1. The van der Waals surface area contributed by atoms with E-state index >= 15 is 0 Å². The van der Waals surface area contributed by atoms with Gasteiger partial charge in [-0.1, -0.05) is 30.0 Å². The summed E-state index contributed by atoms with van der Waals surface area (Å²) >= 11 is 1.30. The molecule has 1 atom stereocenters. The molecule has 0 aliphatic carbocycles. The van der Waals surface area contributed by atoms with Crippen molar-refractivity contribution in [2.24, 2.45) is 0 Å². The van der Waals surface area contributed by atoms with Crippen LogP contribution in [-0.2, 0) is 11.3 Å². The Morgan fingerprint density at radius 2 is 2.27 bits per heavy atom. The number of allylic oxidation sites excluding steroid dienone is 1. The van der Waals surface area contributed by atoms with Crippen molar-refractivity contribution in [1.29, 1.82) is 0 Å². The van der Waals surface area contributed by atoms with Crippen LogP contribution in [0.1, 0.15) is 6.42 Å². The molecule has 1 saturated heterocycles. The zero-order valence-corrected chi connectivity index (χ0v) is 12.5. The quantitative estimate of drug-likeness (QED) is 0.788. The lowest BCUT2D eigenvalue weighted by Gasteiger charge is -2.17. The van der Waals surface area contributed by atoms with Gasteiger partial charge >= 0.3 is 0 Å². The molecule has 0 spiro atoms. The summed E-state index contributed by atoms with van der Waals surface area (Å²) in [4.78, 5) is 14.0. The van der Waals surface area contributed by atoms with E-state index in [-0.39, 0.29) is 11.2 Å². The van der Waals surface area contributed by atoms with Gasteiger partial charge in [-0.15, -0.1) is 11.7 Å². The number of carbonyl (C=O) groups is 1. The first kappa shape index (κ1) is 14.7. The minimum Gasteiger partial charge on any atom is -0.309 e. The largest absolute Gasteiger partial charge is 0.309 e. The minimum absolute atomic E-state index is 0.122. The van der Waals surface area contributed by atoms with Gasteiger partial charge < -0.3 is 4.90 Å². The molecule has 114 valence electrons. The van der Waals surface area contributed by atoms with Crippen LogP contribution in [0.3, 0.4) is 0 Å². The van der Waals surface area contributed by atoms with E-state index in [1.54, 1.807) is 29.0 Å². The topological polar surface area (TPSA) is 63.9 Å². The average molecular weight is 319 g/mol. The second-order valence-electron chi connectivity index (χ2n) is 4.77. The molecule has 0 radical (unpaired) electrons. The first-order chi connectivity index (χ1) is 10.7. The van der Waals surface area contributed by atoms with Crippen LogP contribution in [0, 0.1) is 5.82 Å². The summed E-state index contributed by atoms with van der Waals surface area (Å²) in [6.07, 6.45) is 2.31. The third-order valence-electron chi connectivity index (χ3n) is 3.35. The molecule has 1 aliphatic heterocycles. The molecule has 8 heteroatoms. The minimum atomic E-state index is -0.391. The number of aromatic nitrogens is 4. The Labute approximate surface area is 131 Å². The van der Waals surface area contributed by atoms with Gasteiger partial charge in [-0.25, -0.2) is 9.07 Å². The van der Waals surface area contributed by atoms with E-state index in [2.05, 4.69) is 22.1 Å². The Morgan fingerprint density at radius 1 is 1.45 bits per heavy atom. The number of hydrogen-bond acceptors (Lipinski definition) is 5. The number of rotatable bonds is 5. The molecule has 1 unspecified atom stereocenters. The third kappa shape index (κ3) is 2.74. The van der Waals surface area contributed by atoms with Gasteiger partial charge in [-0.05, 0) is 29.0 Å². The van der Waals surface area contributed by atoms with Crippen molar-refractivity contribution in [2.75, 3.05) is 11.4 Å². The average Bonchev–Trinajstić information content (AvgIpc) is 3.09. The predicted molar refractivity (Wildman–Crippen MR) is 81.0 cm³/mol. The number of thioether (sulfide) groups is 1. The van der Waals surface area contributed by atoms with Gasteiger partial charge in [-0.2, -0.15) is 0 Å². The van der Waals surface area contributed by atoms with Gasteiger partial charge in [0.15, 0.2) is 0 Å². The molecule has 6 nitrogen and oxygen atoms in total. The first-order valence-corrected chi connectivity index (χ1v) is 7.68. The van der Waals surface area contributed by atoms with Gasteiger partial charge in [0.25, 0.3) is 0 Å². The zero-order valence-electron chi connectivity index (χ0n) is 11.7. The van der Waals surface area contributed by atoms with E-state index in [0.29, 0.717) is 30.4 Å². The molecule has 0 bridgehead atoms. The molecule has 22 heavy (non-hydrogen) atoms. The molecular weight excluding hydrogens is 305 g/mol. The highest BCUT2D eigenvalue weighted by Crippen LogP contribution is 2.32. The highest BCUT2D eigenvalue weighted by atomic mass is 32.2. The molecule has 2 heterocycles. The van der Waals surface area contributed by atoms with Gasteiger partial charge in [0, 0.05) is 6.54 Å². The Morgan fingerprint density at radius 3 is 3.05 bits per heavy atom. The summed E-state index contributed by atoms with van der Waals surface area (Å²) < 4.78 is 15.4. The number of nitrogens with zero attached hydrogens (tertiary/aromatic N) is 5. The molecular formula is C14H14FN5OS. The molecule has 1 aromatic carbocycles. The first-order valence-electron chi connectivity index (χ1n) is 6.80. The molecule has 1 amide bonds. The van der Waals surface area contributed by atoms with E-state index in [4.69, 9.17) is 0 Å². The number of hydrogen-bond donors (Lipinski definition) is 0. The van der Waals surface area contributed by atoms with Crippen LogP contribution in [0.25, 0.3) is 0 Å². The molecule has 1 aromatic heterocycles. The second-order valence-corrected chi connectivity index (χ2v) is 5.94. The lowest BCUT2D eigenvalue weighted by Crippen LogP contribution is -2.28. The normalized spacial score (nSPS) is 18.0. The van der Waals surface area contributed by atoms with Crippen molar-refractivity contribution in [3.05, 3.63) is 42.7 Å². The van der Waals surface area contributed by atoms with E-state index < -0.39 is 5.82 Å². The number of para-hydroxylation sites is 1. The molecule has 1 aliphatic rings. The fourth-order valence-electron chi connectivity index (χ4n) is 2.32. The monoisotopic (exact) mass is 319 g/mol. The summed E-state index contributed by atoms with van der Waals surface area (Å²) in [5, 5.41) is 11.6. The van der Waals surface area contributed by atoms with Crippen LogP contribution in [0.15, 0.2) is 42.1 Å². The number of tetrazole rings is 1. The lowest BCUT2D eigenvalue weighted by atomic mass is 10.3. The van der Waals surface area contributed by atoms with Crippen molar-refractivity contribution in [2.45, 2.75) is 23.4 Å². The van der Waals surface area contributed by atoms with E-state index in [1.165, 1.54) is 22.7 Å². The van der Waals surface area contributed by atoms with Crippen molar-refractivity contribution >= 4 is 23.4 Å². The van der Waals surface area contributed by atoms with Crippen LogP contribution in [0.4, 0.5) is 10.1 Å². The summed E-state index contributed by atoms with van der Waals surface area (Å²) in [7, 11) is 0. The lowest BCUT2D eigenvalue weighted by molar-refractivity contribution is -0.116. The van der Waals surface area contributed by atoms with E-state index in [9.17, 15) is 9.18 Å². The summed E-state index contributed by atoms with van der Waals surface area (Å²) in [5.74, 6) is -0.513. The van der Waals surface area contributed by atoms with Gasteiger partial charge in [0.2, 0.25) is 11.1 Å². The Hall–Kier alpha value is -2.22. The van der Waals surface area contributed by atoms with Gasteiger partial charge in [-0.3, -0.25) is 4.79 Å². The molecule has 3 rings (SSSR count). The molecule has 1 fully saturated rings. The fraction of sp³-hybridized carbons (Fsp3) is 0.286. The Balaban J connectivity index is 1.75. The number of amides is 1. The standard InChI is InChI=1S/C14H14FN5OS/c1-2-8-20-14(16-17-18-20)22-12-7-9-19(13(12)21)11-6-4-3-5-10(11)15/h2-6,12H,1,7-9H2. The van der Waals surface area contributed by atoms with E-state index in [0.717, 1.165) is 0 Å². The van der Waals surface area contributed by atoms with Gasteiger partial charge in [0.05, 0.1) is 17.5 Å². The summed E-state index contributed by atoms with van der Waals surface area (Å²) in [6.45, 7) is 4.61. The van der Waals surface area contributed by atoms with Crippen molar-refractivity contribution in [1.82, 2.24) is 20.2 Å². The van der Waals surface area contributed by atoms with Crippen LogP contribution in [-0.4, -0.2) is 37.9 Å². The Kier molecular flexibility index (Phi) is 4.19. The SMILES string of the molecule is C=CCn1nnnc1SC1CCN(c2ccccc2F)C1=O. The highest BCUT2D eigenvalue weighted by molar-refractivity contribution is 8.00. The van der Waals surface area contributed by atoms with Crippen LogP contribution >= 0.6 is 11.8 Å². The molecule has 2 aromatic rings. The highest BCUT2D eigenvalue weighted by Gasteiger charge is 2.35. The maximum Gasteiger partial charge on any atom is 0.240 e. The maximum absolute atomic E-state index is 13.8. The van der Waals surface area contributed by atoms with Crippen molar-refractivity contribution in [3.8, 4) is 0 Å². The zero-order chi connectivity index (χ0) is 15.5. The third-order valence-corrected chi connectivity index (χ3v) is 4.57. The number of halogens is 1. The van der Waals surface area contributed by atoms with Crippen LogP contribution in [0.2, 0.25) is 0 Å². The predicted octanol–water partition coefficient (Wildman–Crippen LogP) is 1.90. The number of benzene rings is 1. The van der Waals surface area contributed by atoms with Crippen LogP contribution in [0.5, 0.6) is 0 Å². The smallest absolute Gasteiger partial charge is 0.240 e. The second kappa shape index (κ2) is 6.27. The maximum atomic E-state index is 13.8. The molecule has 0 N–H and O–H groups in total. The summed E-state index contributed by atoms with van der Waals surface area (Å²) in [5.41, 5.74) is 0.321. The summed E-state index contributed by atoms with van der Waals surface area (Å²) in [6, 6.07) is 6.29. The van der Waals surface area contributed by atoms with Crippen molar-refractivity contribution in [3.63, 3.8) is 0 Å². The number of anilines is 1. The van der Waals surface area contributed by atoms with Gasteiger partial charge in [0.1, 0.15) is 5.82 Å². The van der Waals surface area contributed by atoms with Crippen molar-refractivity contribution < 1.29 is 9.18 Å². The van der Waals surface area contributed by atoms with Crippen LogP contribution < -0.4 is 4.90 Å². The van der Waals surface area contributed by atoms with E-state index in [1.807, 2.05) is 0 Å². The Bertz CT molecular complexity index is 704. The fourth-order valence-corrected chi connectivity index (χ4v) is 3.34. The molecule has 0 saturated carbocycles.